The standard InChI is InChI=1S/C25H28N4O6S/c1-16-15-28-21(24(26)30)14-22(16)35-19-7-5-6-18(12-19)8-9-27-25(31)20-13-23(34-17(20)2)36(32,33)29-10-3-4-11-29/h5-7,12-15H,3-4,8-11H2,1-2H3,(H2,26,30)(H,27,31). The number of nitrogens with two attached hydrogens (primary N) is 1. The van der Waals surface area contributed by atoms with Crippen molar-refractivity contribution in [1.29, 1.82) is 0 Å². The fraction of sp³-hybridized carbons (Fsp3) is 0.320. The molecule has 36 heavy (non-hydrogen) atoms. The van der Waals surface area contributed by atoms with E-state index in [1.807, 2.05) is 25.1 Å². The highest BCUT2D eigenvalue weighted by atomic mass is 32.2. The molecule has 3 heterocycles. The van der Waals surface area contributed by atoms with Gasteiger partial charge in [-0.3, -0.25) is 14.6 Å². The largest absolute Gasteiger partial charge is 0.457 e. The number of hydrogen-bond acceptors (Lipinski definition) is 7. The summed E-state index contributed by atoms with van der Waals surface area (Å²) in [4.78, 5) is 28.1. The van der Waals surface area contributed by atoms with Crippen LogP contribution in [0.2, 0.25) is 0 Å². The molecule has 0 bridgehead atoms. The van der Waals surface area contributed by atoms with E-state index in [9.17, 15) is 18.0 Å². The Bertz CT molecular complexity index is 1390. The van der Waals surface area contributed by atoms with Gasteiger partial charge in [0.1, 0.15) is 23.0 Å². The number of amides is 2. The van der Waals surface area contributed by atoms with E-state index in [0.29, 0.717) is 37.6 Å². The number of sulfonamides is 1. The van der Waals surface area contributed by atoms with Crippen LogP contribution in [0.4, 0.5) is 0 Å². The quantitative estimate of drug-likeness (QED) is 0.448. The van der Waals surface area contributed by atoms with Crippen LogP contribution < -0.4 is 15.8 Å². The third-order valence-corrected chi connectivity index (χ3v) is 7.69. The third-order valence-electron chi connectivity index (χ3n) is 5.93. The predicted molar refractivity (Wildman–Crippen MR) is 131 cm³/mol. The molecule has 1 aliphatic rings. The summed E-state index contributed by atoms with van der Waals surface area (Å²) in [7, 11) is -3.74. The lowest BCUT2D eigenvalue weighted by Crippen LogP contribution is -2.27. The molecule has 0 saturated carbocycles. The maximum atomic E-state index is 12.7. The molecule has 0 radical (unpaired) electrons. The molecule has 11 heteroatoms. The zero-order chi connectivity index (χ0) is 25.9. The number of carbonyl (C=O) groups excluding carboxylic acids is 2. The van der Waals surface area contributed by atoms with E-state index in [-0.39, 0.29) is 22.1 Å². The Hall–Kier alpha value is -3.70. The van der Waals surface area contributed by atoms with Crippen molar-refractivity contribution in [3.05, 3.63) is 70.7 Å². The first-order valence-corrected chi connectivity index (χ1v) is 13.0. The van der Waals surface area contributed by atoms with Gasteiger partial charge in [0.05, 0.1) is 5.56 Å². The maximum Gasteiger partial charge on any atom is 0.276 e. The Kier molecular flexibility index (Phi) is 7.41. The van der Waals surface area contributed by atoms with Crippen LogP contribution in [0, 0.1) is 13.8 Å². The maximum absolute atomic E-state index is 12.7. The van der Waals surface area contributed by atoms with Gasteiger partial charge in [0.2, 0.25) is 5.09 Å². The molecule has 2 amide bonds. The fourth-order valence-corrected chi connectivity index (χ4v) is 5.41. The molecule has 1 aliphatic heterocycles. The van der Waals surface area contributed by atoms with Crippen LogP contribution in [0.3, 0.4) is 0 Å². The second-order valence-electron chi connectivity index (χ2n) is 8.60. The first-order chi connectivity index (χ1) is 17.1. The lowest BCUT2D eigenvalue weighted by molar-refractivity contribution is 0.0951. The van der Waals surface area contributed by atoms with Crippen molar-refractivity contribution < 1.29 is 27.2 Å². The van der Waals surface area contributed by atoms with Crippen molar-refractivity contribution >= 4 is 21.8 Å². The average molecular weight is 513 g/mol. The lowest BCUT2D eigenvalue weighted by atomic mass is 10.1. The van der Waals surface area contributed by atoms with Crippen LogP contribution >= 0.6 is 0 Å². The van der Waals surface area contributed by atoms with Gasteiger partial charge < -0.3 is 20.2 Å². The molecule has 0 aliphatic carbocycles. The van der Waals surface area contributed by atoms with Crippen LogP contribution in [-0.4, -0.2) is 49.2 Å². The third kappa shape index (κ3) is 5.58. The van der Waals surface area contributed by atoms with Gasteiger partial charge in [-0.2, -0.15) is 4.31 Å². The van der Waals surface area contributed by atoms with Gasteiger partial charge in [0.15, 0.2) is 0 Å². The van der Waals surface area contributed by atoms with E-state index in [4.69, 9.17) is 14.9 Å². The number of hydrogen-bond donors (Lipinski definition) is 2. The molecule has 190 valence electrons. The van der Waals surface area contributed by atoms with E-state index < -0.39 is 21.8 Å². The fourth-order valence-electron chi connectivity index (χ4n) is 3.92. The topological polar surface area (TPSA) is 145 Å². The highest BCUT2D eigenvalue weighted by Gasteiger charge is 2.31. The number of pyridine rings is 1. The second-order valence-corrected chi connectivity index (χ2v) is 10.5. The molecule has 0 atom stereocenters. The molecule has 1 fully saturated rings. The summed E-state index contributed by atoms with van der Waals surface area (Å²) < 4.78 is 38.2. The van der Waals surface area contributed by atoms with Crippen molar-refractivity contribution in [2.24, 2.45) is 5.73 Å². The smallest absolute Gasteiger partial charge is 0.276 e. The number of benzene rings is 1. The Labute approximate surface area is 209 Å². The Balaban J connectivity index is 1.37. The van der Waals surface area contributed by atoms with Crippen LogP contribution in [-0.2, 0) is 16.4 Å². The molecule has 1 aromatic carbocycles. The SMILES string of the molecule is Cc1cnc(C(N)=O)cc1Oc1cccc(CCNC(=O)c2cc(S(=O)(=O)N3CCCC3)oc2C)c1. The van der Waals surface area contributed by atoms with Crippen molar-refractivity contribution in [2.45, 2.75) is 38.2 Å². The minimum atomic E-state index is -3.74. The summed E-state index contributed by atoms with van der Waals surface area (Å²) in [6.45, 7) is 4.62. The first-order valence-electron chi connectivity index (χ1n) is 11.6. The minimum Gasteiger partial charge on any atom is -0.457 e. The van der Waals surface area contributed by atoms with Crippen molar-refractivity contribution in [2.75, 3.05) is 19.6 Å². The zero-order valence-corrected chi connectivity index (χ0v) is 20.9. The number of ether oxygens (including phenoxy) is 1. The van der Waals surface area contributed by atoms with Gasteiger partial charge in [-0.15, -0.1) is 0 Å². The molecular formula is C25H28N4O6S. The van der Waals surface area contributed by atoms with Gasteiger partial charge >= 0.3 is 0 Å². The number of carbonyl (C=O) groups is 2. The number of rotatable bonds is 9. The number of furan rings is 1. The predicted octanol–water partition coefficient (Wildman–Crippen LogP) is 2.94. The van der Waals surface area contributed by atoms with Gasteiger partial charge in [-0.05, 0) is 50.8 Å². The molecule has 3 N–H and O–H groups in total. The Morgan fingerprint density at radius 1 is 1.17 bits per heavy atom. The second kappa shape index (κ2) is 10.5. The van der Waals surface area contributed by atoms with E-state index in [0.717, 1.165) is 24.0 Å². The highest BCUT2D eigenvalue weighted by molar-refractivity contribution is 7.89. The lowest BCUT2D eigenvalue weighted by Gasteiger charge is -2.12. The van der Waals surface area contributed by atoms with Crippen LogP contribution in [0.15, 0.2) is 52.1 Å². The van der Waals surface area contributed by atoms with Crippen LogP contribution in [0.1, 0.15) is 50.6 Å². The van der Waals surface area contributed by atoms with Gasteiger partial charge in [0.25, 0.3) is 21.8 Å². The molecule has 2 aromatic heterocycles. The molecule has 10 nitrogen and oxygen atoms in total. The summed E-state index contributed by atoms with van der Waals surface area (Å²) >= 11 is 0. The summed E-state index contributed by atoms with van der Waals surface area (Å²) in [5.41, 5.74) is 7.27. The number of aromatic nitrogens is 1. The number of nitrogens with zero attached hydrogens (tertiary/aromatic N) is 2. The Morgan fingerprint density at radius 3 is 2.64 bits per heavy atom. The minimum absolute atomic E-state index is 0.111. The molecule has 0 spiro atoms. The molecule has 3 aromatic rings. The Morgan fingerprint density at radius 2 is 1.92 bits per heavy atom. The van der Waals surface area contributed by atoms with Crippen molar-refractivity contribution in [3.8, 4) is 11.5 Å². The van der Waals surface area contributed by atoms with E-state index in [1.54, 1.807) is 13.0 Å². The van der Waals surface area contributed by atoms with Crippen molar-refractivity contribution in [1.82, 2.24) is 14.6 Å². The molecule has 4 rings (SSSR count). The summed E-state index contributed by atoms with van der Waals surface area (Å²) in [6, 6.07) is 10.1. The van der Waals surface area contributed by atoms with Gasteiger partial charge in [-0.25, -0.2) is 8.42 Å². The number of aryl methyl sites for hydroxylation is 2. The van der Waals surface area contributed by atoms with E-state index in [2.05, 4.69) is 10.3 Å². The summed E-state index contributed by atoms with van der Waals surface area (Å²) in [5, 5.41) is 2.61. The zero-order valence-electron chi connectivity index (χ0n) is 20.1. The molecule has 0 unspecified atom stereocenters. The molecular weight excluding hydrogens is 484 g/mol. The van der Waals surface area contributed by atoms with E-state index >= 15 is 0 Å². The average Bonchev–Trinajstić information content (AvgIpc) is 3.51. The highest BCUT2D eigenvalue weighted by Crippen LogP contribution is 2.27. The first kappa shape index (κ1) is 25.4. The monoisotopic (exact) mass is 512 g/mol. The summed E-state index contributed by atoms with van der Waals surface area (Å²) in [5.74, 6) is 0.241. The van der Waals surface area contributed by atoms with Crippen LogP contribution in [0.25, 0.3) is 0 Å². The number of primary amides is 1. The summed E-state index contributed by atoms with van der Waals surface area (Å²) in [6.07, 6.45) is 3.67. The van der Waals surface area contributed by atoms with Gasteiger partial charge in [-0.1, -0.05) is 12.1 Å². The van der Waals surface area contributed by atoms with Gasteiger partial charge in [0, 0.05) is 43.5 Å². The van der Waals surface area contributed by atoms with Crippen LogP contribution in [0.5, 0.6) is 11.5 Å². The normalized spacial score (nSPS) is 14.1. The van der Waals surface area contributed by atoms with E-state index in [1.165, 1.54) is 22.6 Å². The van der Waals surface area contributed by atoms with Crippen molar-refractivity contribution in [3.63, 3.8) is 0 Å². The number of nitrogens with one attached hydrogen (secondary N) is 1. The molecule has 1 saturated heterocycles.